The number of ether oxygens (including phenoxy) is 1. The molecule has 23 heavy (non-hydrogen) atoms. The largest absolute Gasteiger partial charge is 0.393 e. The Kier molecular flexibility index (Phi) is 11.0. The number of carbonyl (C=O) groups is 2. The van der Waals surface area contributed by atoms with E-state index < -0.39 is 0 Å². The van der Waals surface area contributed by atoms with Crippen LogP contribution in [0.5, 0.6) is 0 Å². The third-order valence-corrected chi connectivity index (χ3v) is 5.17. The molecule has 3 heteroatoms. The van der Waals surface area contributed by atoms with Crippen LogP contribution in [-0.2, 0) is 14.3 Å². The summed E-state index contributed by atoms with van der Waals surface area (Å²) in [4.78, 5) is 22.4. The molecule has 1 aliphatic heterocycles. The highest BCUT2D eigenvalue weighted by atomic mass is 16.6. The summed E-state index contributed by atoms with van der Waals surface area (Å²) in [5, 5.41) is 0. The topological polar surface area (TPSA) is 43.4 Å². The third kappa shape index (κ3) is 9.12. The number of hydrogen-bond donors (Lipinski definition) is 0. The predicted octanol–water partition coefficient (Wildman–Crippen LogP) is 5.80. The number of cyclic esters (lactones) is 2. The number of unbranched alkanes of at least 4 members (excludes halogenated alkanes) is 7. The molecule has 1 heterocycles. The summed E-state index contributed by atoms with van der Waals surface area (Å²) in [6.07, 6.45) is 16.9. The van der Waals surface area contributed by atoms with Crippen molar-refractivity contribution >= 4 is 11.9 Å². The maximum absolute atomic E-state index is 11.4. The Morgan fingerprint density at radius 1 is 0.913 bits per heavy atom. The zero-order valence-corrected chi connectivity index (χ0v) is 15.3. The molecule has 0 aromatic carbocycles. The lowest BCUT2D eigenvalue weighted by Gasteiger charge is -2.14. The summed E-state index contributed by atoms with van der Waals surface area (Å²) in [7, 11) is 0. The first kappa shape index (κ1) is 20.2. The van der Waals surface area contributed by atoms with E-state index in [0.29, 0.717) is 6.42 Å². The van der Waals surface area contributed by atoms with Crippen LogP contribution in [0.15, 0.2) is 0 Å². The maximum Gasteiger partial charge on any atom is 0.317 e. The molecule has 0 amide bonds. The van der Waals surface area contributed by atoms with Crippen molar-refractivity contribution in [3.8, 4) is 0 Å². The van der Waals surface area contributed by atoms with Crippen molar-refractivity contribution < 1.29 is 14.3 Å². The fourth-order valence-corrected chi connectivity index (χ4v) is 3.51. The molecule has 0 aromatic rings. The summed E-state index contributed by atoms with van der Waals surface area (Å²) in [6.45, 7) is 4.57. The Morgan fingerprint density at radius 3 is 2.09 bits per heavy atom. The van der Waals surface area contributed by atoms with Crippen molar-refractivity contribution in [2.75, 3.05) is 0 Å². The van der Waals surface area contributed by atoms with Crippen LogP contribution < -0.4 is 0 Å². The zero-order chi connectivity index (χ0) is 16.9. The van der Waals surface area contributed by atoms with Crippen molar-refractivity contribution in [1.29, 1.82) is 0 Å². The van der Waals surface area contributed by atoms with Gasteiger partial charge in [0, 0.05) is 0 Å². The first-order valence-corrected chi connectivity index (χ1v) is 9.91. The van der Waals surface area contributed by atoms with Gasteiger partial charge in [-0.05, 0) is 12.3 Å². The lowest BCUT2D eigenvalue weighted by Crippen LogP contribution is -2.07. The number of hydrogen-bond acceptors (Lipinski definition) is 3. The van der Waals surface area contributed by atoms with Crippen LogP contribution in [-0.4, -0.2) is 11.9 Å². The summed E-state index contributed by atoms with van der Waals surface area (Å²) in [5.41, 5.74) is 0. The van der Waals surface area contributed by atoms with Gasteiger partial charge in [0.15, 0.2) is 0 Å². The summed E-state index contributed by atoms with van der Waals surface area (Å²) in [6, 6.07) is 0. The molecule has 0 aliphatic carbocycles. The molecule has 0 bridgehead atoms. The Hall–Kier alpha value is -0.860. The van der Waals surface area contributed by atoms with Crippen LogP contribution in [0.2, 0.25) is 0 Å². The molecule has 0 saturated carbocycles. The Morgan fingerprint density at radius 2 is 1.52 bits per heavy atom. The summed E-state index contributed by atoms with van der Waals surface area (Å²) >= 11 is 0. The van der Waals surface area contributed by atoms with Gasteiger partial charge in [-0.2, -0.15) is 0 Å². The molecule has 0 spiro atoms. The van der Waals surface area contributed by atoms with Crippen molar-refractivity contribution in [1.82, 2.24) is 0 Å². The molecule has 2 atom stereocenters. The van der Waals surface area contributed by atoms with Crippen molar-refractivity contribution in [2.24, 2.45) is 11.8 Å². The predicted molar refractivity (Wildman–Crippen MR) is 94.1 cm³/mol. The molecule has 134 valence electrons. The van der Waals surface area contributed by atoms with E-state index in [1.165, 1.54) is 70.6 Å². The van der Waals surface area contributed by atoms with Crippen LogP contribution in [0.3, 0.4) is 0 Å². The van der Waals surface area contributed by atoms with E-state index in [1.54, 1.807) is 0 Å². The number of rotatable bonds is 14. The second-order valence-corrected chi connectivity index (χ2v) is 7.16. The lowest BCUT2D eigenvalue weighted by molar-refractivity contribution is -0.153. The SMILES string of the molecule is CCCCCCCCC(CC)CCCCCC1CC(=O)OC1=O. The fourth-order valence-electron chi connectivity index (χ4n) is 3.51. The van der Waals surface area contributed by atoms with Gasteiger partial charge < -0.3 is 4.74 Å². The average molecular weight is 325 g/mol. The van der Waals surface area contributed by atoms with Crippen LogP contribution in [0.25, 0.3) is 0 Å². The van der Waals surface area contributed by atoms with E-state index in [0.717, 1.165) is 18.8 Å². The molecule has 3 nitrogen and oxygen atoms in total. The molecule has 1 fully saturated rings. The Balaban J connectivity index is 1.97. The quantitative estimate of drug-likeness (QED) is 0.230. The standard InChI is InChI=1S/C20H36O3/c1-3-5-6-7-8-10-13-17(4-2)14-11-9-12-15-18-16-19(21)23-20(18)22/h17-18H,3-16H2,1-2H3. The molecular formula is C20H36O3. The third-order valence-electron chi connectivity index (χ3n) is 5.17. The highest BCUT2D eigenvalue weighted by Gasteiger charge is 2.32. The molecule has 0 radical (unpaired) electrons. The van der Waals surface area contributed by atoms with Gasteiger partial charge in [-0.3, -0.25) is 9.59 Å². The zero-order valence-electron chi connectivity index (χ0n) is 15.3. The second-order valence-electron chi connectivity index (χ2n) is 7.16. The molecule has 1 saturated heterocycles. The minimum absolute atomic E-state index is 0.160. The van der Waals surface area contributed by atoms with E-state index in [4.69, 9.17) is 0 Å². The molecule has 0 N–H and O–H groups in total. The van der Waals surface area contributed by atoms with Crippen molar-refractivity contribution in [2.45, 2.75) is 104 Å². The minimum Gasteiger partial charge on any atom is -0.393 e. The van der Waals surface area contributed by atoms with Gasteiger partial charge in [-0.1, -0.05) is 90.9 Å². The minimum atomic E-state index is -0.343. The Labute approximate surface area is 142 Å². The lowest BCUT2D eigenvalue weighted by atomic mass is 9.91. The van der Waals surface area contributed by atoms with E-state index >= 15 is 0 Å². The first-order chi connectivity index (χ1) is 11.2. The van der Waals surface area contributed by atoms with Crippen LogP contribution in [0.4, 0.5) is 0 Å². The van der Waals surface area contributed by atoms with Gasteiger partial charge in [0.1, 0.15) is 0 Å². The fraction of sp³-hybridized carbons (Fsp3) is 0.900. The molecular weight excluding hydrogens is 288 g/mol. The van der Waals surface area contributed by atoms with Crippen molar-refractivity contribution in [3.05, 3.63) is 0 Å². The van der Waals surface area contributed by atoms with E-state index in [2.05, 4.69) is 18.6 Å². The highest BCUT2D eigenvalue weighted by Crippen LogP contribution is 2.24. The van der Waals surface area contributed by atoms with E-state index in [-0.39, 0.29) is 17.9 Å². The van der Waals surface area contributed by atoms with Gasteiger partial charge >= 0.3 is 11.9 Å². The van der Waals surface area contributed by atoms with E-state index in [1.807, 2.05) is 0 Å². The molecule has 2 unspecified atom stereocenters. The number of esters is 2. The molecule has 1 aliphatic rings. The molecule has 1 rings (SSSR count). The van der Waals surface area contributed by atoms with Gasteiger partial charge in [-0.15, -0.1) is 0 Å². The monoisotopic (exact) mass is 324 g/mol. The van der Waals surface area contributed by atoms with Crippen molar-refractivity contribution in [3.63, 3.8) is 0 Å². The van der Waals surface area contributed by atoms with Gasteiger partial charge in [-0.25, -0.2) is 0 Å². The molecule has 0 aromatic heterocycles. The summed E-state index contributed by atoms with van der Waals surface area (Å²) < 4.78 is 4.59. The van der Waals surface area contributed by atoms with Gasteiger partial charge in [0.2, 0.25) is 0 Å². The number of carbonyl (C=O) groups excluding carboxylic acids is 2. The first-order valence-electron chi connectivity index (χ1n) is 9.91. The second kappa shape index (κ2) is 12.5. The average Bonchev–Trinajstić information content (AvgIpc) is 2.86. The Bertz CT molecular complexity index is 338. The summed E-state index contributed by atoms with van der Waals surface area (Å²) in [5.74, 6) is 0.0706. The highest BCUT2D eigenvalue weighted by molar-refractivity contribution is 5.94. The van der Waals surface area contributed by atoms with Crippen LogP contribution in [0.1, 0.15) is 104 Å². The van der Waals surface area contributed by atoms with Gasteiger partial charge in [0.05, 0.1) is 12.3 Å². The van der Waals surface area contributed by atoms with Crippen LogP contribution in [0, 0.1) is 11.8 Å². The maximum atomic E-state index is 11.4. The van der Waals surface area contributed by atoms with E-state index in [9.17, 15) is 9.59 Å². The van der Waals surface area contributed by atoms with Gasteiger partial charge in [0.25, 0.3) is 0 Å². The smallest absolute Gasteiger partial charge is 0.317 e. The van der Waals surface area contributed by atoms with Crippen LogP contribution >= 0.6 is 0 Å². The normalized spacial score (nSPS) is 19.1.